The fraction of sp³-hybridized carbons (Fsp3) is 0.562. The van der Waals surface area contributed by atoms with E-state index >= 15 is 0 Å². The molecule has 116 valence electrons. The van der Waals surface area contributed by atoms with Crippen molar-refractivity contribution < 1.29 is 4.79 Å². The molecule has 3 N–H and O–H groups in total. The summed E-state index contributed by atoms with van der Waals surface area (Å²) in [7, 11) is 3.94. The summed E-state index contributed by atoms with van der Waals surface area (Å²) in [6, 6.07) is 10.2. The molecule has 1 amide bonds. The summed E-state index contributed by atoms with van der Waals surface area (Å²) in [5.74, 6) is -0.331. The van der Waals surface area contributed by atoms with Gasteiger partial charge >= 0.3 is 0 Å². The molecule has 0 spiro atoms. The van der Waals surface area contributed by atoms with Crippen molar-refractivity contribution in [1.29, 1.82) is 0 Å². The molecule has 1 saturated heterocycles. The number of carbonyl (C=O) groups excluding carboxylic acids is 1. The van der Waals surface area contributed by atoms with E-state index in [0.717, 1.165) is 25.2 Å². The number of hydrogen-bond donors (Lipinski definition) is 2. The van der Waals surface area contributed by atoms with Crippen LogP contribution in [0.15, 0.2) is 30.3 Å². The molecule has 1 fully saturated rings. The highest BCUT2D eigenvalue weighted by Crippen LogP contribution is 2.23. The summed E-state index contributed by atoms with van der Waals surface area (Å²) in [6.07, 6.45) is 0. The van der Waals surface area contributed by atoms with Crippen LogP contribution in [0.4, 0.5) is 0 Å². The smallest absolute Gasteiger partial charge is 0.243 e. The molecule has 2 rings (SSSR count). The second-order valence-electron chi connectivity index (χ2n) is 5.95. The van der Waals surface area contributed by atoms with Crippen molar-refractivity contribution in [2.24, 2.45) is 5.73 Å². The van der Waals surface area contributed by atoms with Crippen LogP contribution in [0.1, 0.15) is 12.5 Å². The molecular formula is C16H26N4O. The SMILES string of the molecule is CNC(CN1CCN(C)C(C)C1)(C(N)=O)c1ccccc1. The van der Waals surface area contributed by atoms with Crippen molar-refractivity contribution in [1.82, 2.24) is 15.1 Å². The van der Waals surface area contributed by atoms with E-state index in [2.05, 4.69) is 29.1 Å². The third kappa shape index (κ3) is 3.26. The zero-order chi connectivity index (χ0) is 15.5. The minimum Gasteiger partial charge on any atom is -0.368 e. The van der Waals surface area contributed by atoms with E-state index < -0.39 is 5.54 Å². The maximum Gasteiger partial charge on any atom is 0.243 e. The number of hydrogen-bond acceptors (Lipinski definition) is 4. The molecule has 1 aliphatic rings. The van der Waals surface area contributed by atoms with Crippen molar-refractivity contribution in [3.8, 4) is 0 Å². The molecule has 21 heavy (non-hydrogen) atoms. The van der Waals surface area contributed by atoms with Crippen LogP contribution in [-0.4, -0.2) is 62.0 Å². The number of primary amides is 1. The fourth-order valence-electron chi connectivity index (χ4n) is 2.98. The first-order valence-electron chi connectivity index (χ1n) is 7.46. The first-order chi connectivity index (χ1) is 9.99. The van der Waals surface area contributed by atoms with E-state index in [4.69, 9.17) is 5.73 Å². The fourth-order valence-corrected chi connectivity index (χ4v) is 2.98. The first kappa shape index (κ1) is 15.9. The predicted octanol–water partition coefficient (Wildman–Crippen LogP) is 0.223. The number of amides is 1. The number of nitrogens with zero attached hydrogens (tertiary/aromatic N) is 2. The largest absolute Gasteiger partial charge is 0.368 e. The molecule has 1 aromatic rings. The maximum atomic E-state index is 12.2. The molecule has 0 aliphatic carbocycles. The molecule has 1 heterocycles. The van der Waals surface area contributed by atoms with Gasteiger partial charge in [0.15, 0.2) is 0 Å². The van der Waals surface area contributed by atoms with Gasteiger partial charge in [-0.2, -0.15) is 0 Å². The van der Waals surface area contributed by atoms with Gasteiger partial charge in [0.25, 0.3) is 0 Å². The minimum absolute atomic E-state index is 0.331. The number of likely N-dealkylation sites (N-methyl/N-ethyl adjacent to an activating group) is 2. The second kappa shape index (κ2) is 6.56. The summed E-state index contributed by atoms with van der Waals surface area (Å²) in [4.78, 5) is 16.9. The summed E-state index contributed by atoms with van der Waals surface area (Å²) in [5.41, 5.74) is 5.84. The lowest BCUT2D eigenvalue weighted by molar-refractivity contribution is -0.125. The summed E-state index contributed by atoms with van der Waals surface area (Å²) < 4.78 is 0. The Morgan fingerprint density at radius 3 is 2.57 bits per heavy atom. The van der Waals surface area contributed by atoms with Gasteiger partial charge in [-0.3, -0.25) is 9.69 Å². The lowest BCUT2D eigenvalue weighted by Crippen LogP contribution is -2.61. The number of benzene rings is 1. The van der Waals surface area contributed by atoms with E-state index in [1.807, 2.05) is 30.3 Å². The van der Waals surface area contributed by atoms with Gasteiger partial charge in [0.2, 0.25) is 5.91 Å². The number of carbonyl (C=O) groups is 1. The van der Waals surface area contributed by atoms with Crippen LogP contribution in [0.3, 0.4) is 0 Å². The zero-order valence-corrected chi connectivity index (χ0v) is 13.2. The number of piperazine rings is 1. The number of nitrogens with two attached hydrogens (primary N) is 1. The molecule has 5 nitrogen and oxygen atoms in total. The van der Waals surface area contributed by atoms with Crippen LogP contribution >= 0.6 is 0 Å². The maximum absolute atomic E-state index is 12.2. The molecule has 0 radical (unpaired) electrons. The molecule has 1 aromatic carbocycles. The van der Waals surface area contributed by atoms with Crippen LogP contribution in [-0.2, 0) is 10.3 Å². The van der Waals surface area contributed by atoms with E-state index in [-0.39, 0.29) is 5.91 Å². The van der Waals surface area contributed by atoms with Gasteiger partial charge in [-0.25, -0.2) is 0 Å². The van der Waals surface area contributed by atoms with Gasteiger partial charge in [0.1, 0.15) is 5.54 Å². The standard InChI is InChI=1S/C16H26N4O/c1-13-11-20(10-9-19(13)3)12-16(18-2,15(17)21)14-7-5-4-6-8-14/h4-8,13,18H,9-12H2,1-3H3,(H2,17,21). The lowest BCUT2D eigenvalue weighted by atomic mass is 9.88. The lowest BCUT2D eigenvalue weighted by Gasteiger charge is -2.42. The van der Waals surface area contributed by atoms with Crippen LogP contribution in [0.5, 0.6) is 0 Å². The highest BCUT2D eigenvalue weighted by atomic mass is 16.1. The Morgan fingerprint density at radius 2 is 2.05 bits per heavy atom. The van der Waals surface area contributed by atoms with Crippen molar-refractivity contribution >= 4 is 5.91 Å². The Bertz CT molecular complexity index is 478. The molecule has 0 bridgehead atoms. The third-order valence-corrected chi connectivity index (χ3v) is 4.62. The van der Waals surface area contributed by atoms with Crippen LogP contribution < -0.4 is 11.1 Å². The van der Waals surface area contributed by atoms with Gasteiger partial charge in [0, 0.05) is 32.2 Å². The van der Waals surface area contributed by atoms with E-state index in [1.165, 1.54) is 0 Å². The average Bonchev–Trinajstić information content (AvgIpc) is 2.49. The number of rotatable bonds is 5. The first-order valence-corrected chi connectivity index (χ1v) is 7.46. The summed E-state index contributed by atoms with van der Waals surface area (Å²) in [5, 5.41) is 3.17. The highest BCUT2D eigenvalue weighted by Gasteiger charge is 2.39. The van der Waals surface area contributed by atoms with Crippen molar-refractivity contribution in [3.05, 3.63) is 35.9 Å². The Hall–Kier alpha value is -1.43. The van der Waals surface area contributed by atoms with Gasteiger partial charge in [0.05, 0.1) is 0 Å². The third-order valence-electron chi connectivity index (χ3n) is 4.62. The predicted molar refractivity (Wildman–Crippen MR) is 84.9 cm³/mol. The van der Waals surface area contributed by atoms with Gasteiger partial charge in [-0.1, -0.05) is 30.3 Å². The highest BCUT2D eigenvalue weighted by molar-refractivity contribution is 5.86. The Morgan fingerprint density at radius 1 is 1.38 bits per heavy atom. The minimum atomic E-state index is -0.836. The van der Waals surface area contributed by atoms with Gasteiger partial charge in [-0.15, -0.1) is 0 Å². The summed E-state index contributed by atoms with van der Waals surface area (Å²) in [6.45, 7) is 5.71. The Balaban J connectivity index is 2.23. The van der Waals surface area contributed by atoms with Crippen LogP contribution in [0, 0.1) is 0 Å². The van der Waals surface area contributed by atoms with E-state index in [9.17, 15) is 4.79 Å². The molecule has 0 saturated carbocycles. The van der Waals surface area contributed by atoms with E-state index in [0.29, 0.717) is 12.6 Å². The van der Waals surface area contributed by atoms with Crippen molar-refractivity contribution in [3.63, 3.8) is 0 Å². The molecule has 0 aromatic heterocycles. The molecule has 5 heteroatoms. The molecule has 2 atom stereocenters. The molecular weight excluding hydrogens is 264 g/mol. The van der Waals surface area contributed by atoms with Gasteiger partial charge < -0.3 is 16.0 Å². The molecule has 1 aliphatic heterocycles. The van der Waals surface area contributed by atoms with Gasteiger partial charge in [-0.05, 0) is 26.6 Å². The monoisotopic (exact) mass is 290 g/mol. The topological polar surface area (TPSA) is 61.6 Å². The van der Waals surface area contributed by atoms with Crippen LogP contribution in [0.25, 0.3) is 0 Å². The number of nitrogens with one attached hydrogen (secondary N) is 1. The Labute approximate surface area is 127 Å². The molecule has 2 unspecified atom stereocenters. The van der Waals surface area contributed by atoms with Crippen molar-refractivity contribution in [2.45, 2.75) is 18.5 Å². The quantitative estimate of drug-likeness (QED) is 0.814. The zero-order valence-electron chi connectivity index (χ0n) is 13.2. The second-order valence-corrected chi connectivity index (χ2v) is 5.95. The Kier molecular flexibility index (Phi) is 4.98. The van der Waals surface area contributed by atoms with Crippen molar-refractivity contribution in [2.75, 3.05) is 40.3 Å². The summed E-state index contributed by atoms with van der Waals surface area (Å²) >= 11 is 0. The average molecular weight is 290 g/mol. The normalized spacial score (nSPS) is 23.7. The van der Waals surface area contributed by atoms with E-state index in [1.54, 1.807) is 7.05 Å². The van der Waals surface area contributed by atoms with Crippen LogP contribution in [0.2, 0.25) is 0 Å².